The van der Waals surface area contributed by atoms with Crippen LogP contribution in [0.2, 0.25) is 0 Å². The summed E-state index contributed by atoms with van der Waals surface area (Å²) < 4.78 is 0. The van der Waals surface area contributed by atoms with Crippen molar-refractivity contribution in [3.8, 4) is 11.1 Å². The molecule has 0 amide bonds. The summed E-state index contributed by atoms with van der Waals surface area (Å²) in [4.78, 5) is 56.9. The molecule has 0 spiro atoms. The van der Waals surface area contributed by atoms with E-state index in [0.29, 0.717) is 31.8 Å². The Labute approximate surface area is 449 Å². The first-order chi connectivity index (χ1) is 33.1. The Kier molecular flexibility index (Phi) is 14.7. The van der Waals surface area contributed by atoms with E-state index in [4.69, 9.17) is 0 Å². The average Bonchev–Trinajstić information content (AvgIpc) is 3.26. The minimum absolute atomic E-state index is 0.159. The first kappa shape index (κ1) is 59.3. The van der Waals surface area contributed by atoms with Crippen molar-refractivity contribution in [2.24, 2.45) is 0 Å². The monoisotopic (exact) mass is 1040 g/mol. The fraction of sp³-hybridized carbons (Fsp3) is 0.471. The van der Waals surface area contributed by atoms with Crippen molar-refractivity contribution in [3.05, 3.63) is 166 Å². The van der Waals surface area contributed by atoms with Crippen LogP contribution in [-0.2, 0) is 43.3 Å². The molecule has 0 heterocycles. The Bertz CT molecular complexity index is 2690. The molecule has 74 heavy (non-hydrogen) atoms. The molecule has 0 aliphatic heterocycles. The van der Waals surface area contributed by atoms with Gasteiger partial charge in [0.2, 0.25) is 0 Å². The number of hydrogen-bond acceptors (Lipinski definition) is 4. The van der Waals surface area contributed by atoms with E-state index in [9.17, 15) is 19.6 Å². The molecule has 6 aromatic rings. The fourth-order valence-electron chi connectivity index (χ4n) is 10.6. The van der Waals surface area contributed by atoms with Gasteiger partial charge in [0.05, 0.1) is 0 Å². The second-order valence-corrected chi connectivity index (χ2v) is 37.1. The van der Waals surface area contributed by atoms with Crippen LogP contribution in [0.3, 0.4) is 0 Å². The van der Waals surface area contributed by atoms with Crippen LogP contribution in [0, 0.1) is 0 Å². The molecule has 6 heteroatoms. The molecular formula is C68H96O4P2. The van der Waals surface area contributed by atoms with E-state index in [-0.39, 0.29) is 21.7 Å². The van der Waals surface area contributed by atoms with E-state index in [0.717, 1.165) is 55.6 Å². The summed E-state index contributed by atoms with van der Waals surface area (Å²) in [5, 5.41) is 3.12. The van der Waals surface area contributed by atoms with Crippen molar-refractivity contribution in [1.82, 2.24) is 0 Å². The number of rotatable bonds is 7. The molecule has 0 unspecified atom stereocenters. The quantitative estimate of drug-likeness (QED) is 0.120. The van der Waals surface area contributed by atoms with Crippen molar-refractivity contribution in [3.63, 3.8) is 0 Å². The zero-order valence-corrected chi connectivity index (χ0v) is 52.0. The Morgan fingerprint density at radius 1 is 0.230 bits per heavy atom. The van der Waals surface area contributed by atoms with Gasteiger partial charge in [0.15, 0.2) is 0 Å². The molecule has 0 bridgehead atoms. The molecule has 0 atom stereocenters. The molecule has 0 radical (unpaired) electrons. The molecule has 0 aromatic heterocycles. The first-order valence-electron chi connectivity index (χ1n) is 27.0. The summed E-state index contributed by atoms with van der Waals surface area (Å²) in [7, 11) is -10.5. The van der Waals surface area contributed by atoms with Gasteiger partial charge < -0.3 is 0 Å². The van der Waals surface area contributed by atoms with Crippen LogP contribution in [0.5, 0.6) is 0 Å². The molecule has 6 rings (SSSR count). The molecule has 4 nitrogen and oxygen atoms in total. The van der Waals surface area contributed by atoms with Gasteiger partial charge in [0.1, 0.15) is 0 Å². The predicted octanol–water partition coefficient (Wildman–Crippen LogP) is 15.0. The van der Waals surface area contributed by atoms with Crippen LogP contribution in [0.15, 0.2) is 121 Å². The topological polar surface area (TPSA) is 80.9 Å². The predicted molar refractivity (Wildman–Crippen MR) is 328 cm³/mol. The summed E-state index contributed by atoms with van der Waals surface area (Å²) >= 11 is 0. The Morgan fingerprint density at radius 2 is 0.405 bits per heavy atom. The zero-order chi connectivity index (χ0) is 56.3. The second kappa shape index (κ2) is 18.3. The number of hydrogen-bond donors (Lipinski definition) is 4. The van der Waals surface area contributed by atoms with Crippen LogP contribution in [-0.4, -0.2) is 19.6 Å². The normalized spacial score (nSPS) is 15.1. The Morgan fingerprint density at radius 3 is 0.554 bits per heavy atom. The molecule has 0 fully saturated rings. The van der Waals surface area contributed by atoms with E-state index < -0.39 is 35.8 Å². The third-order valence-corrected chi connectivity index (χ3v) is 23.3. The van der Waals surface area contributed by atoms with Crippen molar-refractivity contribution in [2.75, 3.05) is 0 Å². The summed E-state index contributed by atoms with van der Waals surface area (Å²) in [6.07, 6.45) is 0. The molecule has 0 aliphatic rings. The molecule has 0 saturated carbocycles. The molecular weight excluding hydrogens is 943 g/mol. The first-order valence-corrected chi connectivity index (χ1v) is 31.3. The second-order valence-electron chi connectivity index (χ2n) is 30.1. The van der Waals surface area contributed by atoms with E-state index in [1.54, 1.807) is 0 Å². The summed E-state index contributed by atoms with van der Waals surface area (Å²) in [6, 6.07) is 40.7. The maximum atomic E-state index is 14.2. The Hall–Kier alpha value is -3.98. The van der Waals surface area contributed by atoms with Gasteiger partial charge in [-0.2, -0.15) is 0 Å². The van der Waals surface area contributed by atoms with Crippen LogP contribution in [0.25, 0.3) is 11.1 Å². The van der Waals surface area contributed by atoms with E-state index >= 15 is 0 Å². The van der Waals surface area contributed by atoms with Crippen LogP contribution >= 0.6 is 14.1 Å². The van der Waals surface area contributed by atoms with Crippen LogP contribution < -0.4 is 31.8 Å². The average molecular weight is 1040 g/mol. The van der Waals surface area contributed by atoms with Crippen molar-refractivity contribution in [1.29, 1.82) is 0 Å². The molecule has 402 valence electrons. The molecule has 0 saturated heterocycles. The number of benzene rings is 6. The maximum absolute atomic E-state index is 14.2. The standard InChI is InChI=1S/C68H96O4P2/c1-61(2,3)47-29-37-57(53(41-47)65(13,14)15)73(69,70,58-38-30-48(62(4,5)6)42-54(58)66(16,17)18)51-33-25-45(26-34-51)46-27-35-52(36-28-46)74(71,72,59-39-31-49(63(7,8)9)43-55(59)67(19,20)21)60-40-32-50(64(10,11)12)44-56(60)68(22,23)24/h25-44,69-72H,1-24H3. The van der Waals surface area contributed by atoms with Gasteiger partial charge in [-0.25, -0.2) is 0 Å². The van der Waals surface area contributed by atoms with Crippen LogP contribution in [0.1, 0.15) is 211 Å². The van der Waals surface area contributed by atoms with Gasteiger partial charge in [-0.1, -0.05) is 0 Å². The molecule has 6 aromatic carbocycles. The summed E-state index contributed by atoms with van der Waals surface area (Å²) in [6.45, 7) is 52.3. The van der Waals surface area contributed by atoms with Crippen LogP contribution in [0.4, 0.5) is 0 Å². The van der Waals surface area contributed by atoms with Gasteiger partial charge in [-0.05, 0) is 0 Å². The van der Waals surface area contributed by atoms with Gasteiger partial charge in [-0.15, -0.1) is 0 Å². The van der Waals surface area contributed by atoms with Crippen molar-refractivity contribution >= 4 is 45.9 Å². The molecule has 4 N–H and O–H groups in total. The minimum atomic E-state index is -5.27. The van der Waals surface area contributed by atoms with E-state index in [2.05, 4.69) is 215 Å². The van der Waals surface area contributed by atoms with Gasteiger partial charge in [0.25, 0.3) is 0 Å². The Balaban J connectivity index is 1.65. The van der Waals surface area contributed by atoms with Gasteiger partial charge in [-0.3, -0.25) is 0 Å². The van der Waals surface area contributed by atoms with Crippen molar-refractivity contribution < 1.29 is 19.6 Å². The molecule has 0 aliphatic carbocycles. The van der Waals surface area contributed by atoms with E-state index in [1.165, 1.54) is 0 Å². The van der Waals surface area contributed by atoms with Gasteiger partial charge >= 0.3 is 452 Å². The SMILES string of the molecule is CC(C)(C)c1ccc(P(O)(O)(c2ccc(-c3ccc(P(O)(O)(c4ccc(C(C)(C)C)cc4C(C)(C)C)c4ccc(C(C)(C)C)cc4C(C)(C)C)cc3)cc2)c2ccc(C(C)(C)C)cc2C(C)(C)C)c(C(C)(C)C)c1. The van der Waals surface area contributed by atoms with Gasteiger partial charge in [0, 0.05) is 0 Å². The summed E-state index contributed by atoms with van der Waals surface area (Å²) in [5.41, 5.74) is 7.54. The van der Waals surface area contributed by atoms with Crippen molar-refractivity contribution in [2.45, 2.75) is 209 Å². The zero-order valence-electron chi connectivity index (χ0n) is 50.2. The summed E-state index contributed by atoms with van der Waals surface area (Å²) in [5.74, 6) is 0. The third kappa shape index (κ3) is 10.8. The third-order valence-electron chi connectivity index (χ3n) is 15.6. The van der Waals surface area contributed by atoms with E-state index in [1.807, 2.05) is 72.8 Å². The fourth-order valence-corrected chi connectivity index (χ4v) is 18.5.